The van der Waals surface area contributed by atoms with Gasteiger partial charge >= 0.3 is 6.03 Å². The first kappa shape index (κ1) is 18.8. The van der Waals surface area contributed by atoms with Crippen LogP contribution < -0.4 is 16.2 Å². The molecule has 7 nitrogen and oxygen atoms in total. The molecule has 25 heavy (non-hydrogen) atoms. The second kappa shape index (κ2) is 7.14. The van der Waals surface area contributed by atoms with Crippen LogP contribution >= 0.6 is 0 Å². The number of carbonyl (C=O) groups excluding carboxylic acids is 1. The Morgan fingerprint density at radius 1 is 1.28 bits per heavy atom. The van der Waals surface area contributed by atoms with Crippen molar-refractivity contribution in [2.45, 2.75) is 33.3 Å². The lowest BCUT2D eigenvalue weighted by Gasteiger charge is -2.27. The molecule has 2 amide bonds. The predicted molar refractivity (Wildman–Crippen MR) is 98.2 cm³/mol. The van der Waals surface area contributed by atoms with E-state index in [1.807, 2.05) is 44.2 Å². The molecule has 3 N–H and O–H groups in total. The van der Waals surface area contributed by atoms with Gasteiger partial charge in [-0.15, -0.1) is 0 Å². The highest BCUT2D eigenvalue weighted by atomic mass is 16.3. The van der Waals surface area contributed by atoms with E-state index >= 15 is 0 Å². The molecule has 0 aliphatic carbocycles. The Balaban J connectivity index is 2.21. The van der Waals surface area contributed by atoms with E-state index in [9.17, 15) is 14.7 Å². The number of carbonyl (C=O) groups is 1. The van der Waals surface area contributed by atoms with Crippen LogP contribution in [0.2, 0.25) is 0 Å². The zero-order chi connectivity index (χ0) is 18.8. The molecule has 0 saturated heterocycles. The van der Waals surface area contributed by atoms with Gasteiger partial charge < -0.3 is 15.7 Å². The van der Waals surface area contributed by atoms with Gasteiger partial charge in [-0.2, -0.15) is 0 Å². The van der Waals surface area contributed by atoms with Gasteiger partial charge in [0, 0.05) is 13.6 Å². The molecule has 1 atom stereocenters. The van der Waals surface area contributed by atoms with Crippen LogP contribution in [0.15, 0.2) is 35.1 Å². The van der Waals surface area contributed by atoms with Crippen molar-refractivity contribution in [1.82, 2.24) is 14.7 Å². The number of para-hydroxylation sites is 1. The molecule has 1 heterocycles. The van der Waals surface area contributed by atoms with Gasteiger partial charge in [0.25, 0.3) is 5.56 Å². The summed E-state index contributed by atoms with van der Waals surface area (Å²) in [7, 11) is 1.76. The molecular weight excluding hydrogens is 320 g/mol. The van der Waals surface area contributed by atoms with E-state index in [-0.39, 0.29) is 23.7 Å². The van der Waals surface area contributed by atoms with Gasteiger partial charge in [-0.05, 0) is 31.9 Å². The molecule has 0 saturated carbocycles. The molecule has 1 aromatic carbocycles. The van der Waals surface area contributed by atoms with Crippen LogP contribution in [0, 0.1) is 12.8 Å². The van der Waals surface area contributed by atoms with E-state index < -0.39 is 11.6 Å². The molecule has 1 unspecified atom stereocenters. The maximum Gasteiger partial charge on any atom is 0.319 e. The highest BCUT2D eigenvalue weighted by Crippen LogP contribution is 2.16. The van der Waals surface area contributed by atoms with Gasteiger partial charge in [-0.3, -0.25) is 9.48 Å². The summed E-state index contributed by atoms with van der Waals surface area (Å²) in [5.74, 6) is -0.0124. The lowest BCUT2D eigenvalue weighted by Crippen LogP contribution is -2.45. The standard InChI is InChI=1S/C18H26N4O3/c1-12(2)18(4,25)11-19-17(24)20-15-13(3)21(5)22(16(15)23)14-9-7-6-8-10-14/h6-10,12,25H,11H2,1-5H3,(H2,19,20,24). The van der Waals surface area contributed by atoms with Gasteiger partial charge in [-0.25, -0.2) is 9.48 Å². The Bertz CT molecular complexity index is 804. The number of rotatable bonds is 5. The Labute approximate surface area is 147 Å². The second-order valence-corrected chi connectivity index (χ2v) is 6.76. The summed E-state index contributed by atoms with van der Waals surface area (Å²) in [4.78, 5) is 24.9. The summed E-state index contributed by atoms with van der Waals surface area (Å²) >= 11 is 0. The maximum absolute atomic E-state index is 12.7. The first-order valence-corrected chi connectivity index (χ1v) is 8.26. The molecule has 7 heteroatoms. The summed E-state index contributed by atoms with van der Waals surface area (Å²) < 4.78 is 3.19. The number of hydrogen-bond acceptors (Lipinski definition) is 3. The van der Waals surface area contributed by atoms with Crippen LogP contribution in [-0.4, -0.2) is 32.6 Å². The summed E-state index contributed by atoms with van der Waals surface area (Å²) in [6.07, 6.45) is 0. The molecule has 0 spiro atoms. The van der Waals surface area contributed by atoms with Gasteiger partial charge in [0.15, 0.2) is 0 Å². The molecule has 0 radical (unpaired) electrons. The molecule has 1 aromatic heterocycles. The summed E-state index contributed by atoms with van der Waals surface area (Å²) in [5, 5.41) is 15.4. The summed E-state index contributed by atoms with van der Waals surface area (Å²) in [6.45, 7) is 7.27. The van der Waals surface area contributed by atoms with Gasteiger partial charge in [0.2, 0.25) is 0 Å². The van der Waals surface area contributed by atoms with E-state index in [2.05, 4.69) is 10.6 Å². The monoisotopic (exact) mass is 346 g/mol. The van der Waals surface area contributed by atoms with E-state index in [1.165, 1.54) is 4.68 Å². The Kier molecular flexibility index (Phi) is 5.37. The van der Waals surface area contributed by atoms with Gasteiger partial charge in [-0.1, -0.05) is 32.0 Å². The molecule has 0 bridgehead atoms. The molecule has 0 aliphatic rings. The average molecular weight is 346 g/mol. The van der Waals surface area contributed by atoms with Crippen molar-refractivity contribution in [1.29, 1.82) is 0 Å². The first-order chi connectivity index (χ1) is 11.6. The average Bonchev–Trinajstić information content (AvgIpc) is 2.77. The fourth-order valence-corrected chi connectivity index (χ4v) is 2.33. The predicted octanol–water partition coefficient (Wildman–Crippen LogP) is 2.01. The second-order valence-electron chi connectivity index (χ2n) is 6.76. The number of aliphatic hydroxyl groups is 1. The summed E-state index contributed by atoms with van der Waals surface area (Å²) in [5.41, 5.74) is 0.242. The number of benzene rings is 1. The Hall–Kier alpha value is -2.54. The van der Waals surface area contributed by atoms with Crippen molar-refractivity contribution in [2.75, 3.05) is 11.9 Å². The third kappa shape index (κ3) is 3.93. The van der Waals surface area contributed by atoms with Crippen LogP contribution in [-0.2, 0) is 7.05 Å². The van der Waals surface area contributed by atoms with Crippen LogP contribution in [0.25, 0.3) is 5.69 Å². The largest absolute Gasteiger partial charge is 0.388 e. The van der Waals surface area contributed by atoms with Crippen LogP contribution in [0.1, 0.15) is 26.5 Å². The van der Waals surface area contributed by atoms with Crippen molar-refractivity contribution < 1.29 is 9.90 Å². The fraction of sp³-hybridized carbons (Fsp3) is 0.444. The number of amides is 2. The highest BCUT2D eigenvalue weighted by Gasteiger charge is 2.26. The van der Waals surface area contributed by atoms with Crippen LogP contribution in [0.3, 0.4) is 0 Å². The van der Waals surface area contributed by atoms with Gasteiger partial charge in [0.1, 0.15) is 5.69 Å². The molecule has 0 aliphatic heterocycles. The van der Waals surface area contributed by atoms with E-state index in [4.69, 9.17) is 0 Å². The van der Waals surface area contributed by atoms with Crippen molar-refractivity contribution in [2.24, 2.45) is 13.0 Å². The van der Waals surface area contributed by atoms with Crippen LogP contribution in [0.4, 0.5) is 10.5 Å². The van der Waals surface area contributed by atoms with Crippen molar-refractivity contribution in [3.8, 4) is 5.69 Å². The third-order valence-corrected chi connectivity index (χ3v) is 4.64. The molecular formula is C18H26N4O3. The lowest BCUT2D eigenvalue weighted by molar-refractivity contribution is 0.0170. The zero-order valence-corrected chi connectivity index (χ0v) is 15.3. The summed E-state index contributed by atoms with van der Waals surface area (Å²) in [6, 6.07) is 8.69. The molecule has 136 valence electrons. The molecule has 0 fully saturated rings. The minimum absolute atomic E-state index is 0.0124. The lowest BCUT2D eigenvalue weighted by atomic mass is 9.93. The number of nitrogens with zero attached hydrogens (tertiary/aromatic N) is 2. The van der Waals surface area contributed by atoms with E-state index in [1.54, 1.807) is 25.6 Å². The van der Waals surface area contributed by atoms with Crippen molar-refractivity contribution >= 4 is 11.7 Å². The first-order valence-electron chi connectivity index (χ1n) is 8.26. The topological polar surface area (TPSA) is 88.3 Å². The number of nitrogens with one attached hydrogen (secondary N) is 2. The Morgan fingerprint density at radius 3 is 2.44 bits per heavy atom. The SMILES string of the molecule is Cc1c(NC(=O)NCC(C)(O)C(C)C)c(=O)n(-c2ccccc2)n1C. The molecule has 2 rings (SSSR count). The quantitative estimate of drug-likeness (QED) is 0.774. The third-order valence-electron chi connectivity index (χ3n) is 4.64. The number of aromatic nitrogens is 2. The molecule has 2 aromatic rings. The fourth-order valence-electron chi connectivity index (χ4n) is 2.33. The maximum atomic E-state index is 12.7. The van der Waals surface area contributed by atoms with E-state index in [0.717, 1.165) is 0 Å². The number of hydrogen-bond donors (Lipinski definition) is 3. The smallest absolute Gasteiger partial charge is 0.319 e. The minimum atomic E-state index is -1.02. The highest BCUT2D eigenvalue weighted by molar-refractivity contribution is 5.89. The normalized spacial score (nSPS) is 13.6. The number of anilines is 1. The number of urea groups is 1. The van der Waals surface area contributed by atoms with Crippen molar-refractivity contribution in [3.63, 3.8) is 0 Å². The van der Waals surface area contributed by atoms with Gasteiger partial charge in [0.05, 0.1) is 17.0 Å². The van der Waals surface area contributed by atoms with Crippen molar-refractivity contribution in [3.05, 3.63) is 46.4 Å². The minimum Gasteiger partial charge on any atom is -0.388 e. The van der Waals surface area contributed by atoms with E-state index in [0.29, 0.717) is 11.4 Å². The zero-order valence-electron chi connectivity index (χ0n) is 15.3. The van der Waals surface area contributed by atoms with Crippen LogP contribution in [0.5, 0.6) is 0 Å². The Morgan fingerprint density at radius 2 is 1.88 bits per heavy atom.